The summed E-state index contributed by atoms with van der Waals surface area (Å²) in [6.45, 7) is 3.57. The maximum absolute atomic E-state index is 10.9. The first-order chi connectivity index (χ1) is 6.74. The predicted molar refractivity (Wildman–Crippen MR) is 62.6 cm³/mol. The van der Waals surface area contributed by atoms with E-state index in [1.807, 2.05) is 30.3 Å². The fourth-order valence-corrected chi connectivity index (χ4v) is 2.10. The van der Waals surface area contributed by atoms with Gasteiger partial charge in [-0.3, -0.25) is 4.79 Å². The third-order valence-corrected chi connectivity index (χ3v) is 3.34. The van der Waals surface area contributed by atoms with E-state index >= 15 is 0 Å². The minimum absolute atomic E-state index is 0.308. The van der Waals surface area contributed by atoms with E-state index in [9.17, 15) is 4.79 Å². The Hall–Kier alpha value is -0.730. The van der Waals surface area contributed by atoms with E-state index in [-0.39, 0.29) is 10.5 Å². The van der Waals surface area contributed by atoms with Gasteiger partial charge in [0.2, 0.25) is 5.24 Å². The molecule has 0 radical (unpaired) electrons. The van der Waals surface area contributed by atoms with Gasteiger partial charge in [-0.2, -0.15) is 0 Å². The molecule has 1 atom stereocenters. The Morgan fingerprint density at radius 3 is 2.64 bits per heavy atom. The lowest BCUT2D eigenvalue weighted by molar-refractivity contribution is -0.110. The Morgan fingerprint density at radius 2 is 2.14 bits per heavy atom. The first-order valence-corrected chi connectivity index (χ1v) is 5.64. The highest BCUT2D eigenvalue weighted by molar-refractivity contribution is 8.00. The Labute approximate surface area is 93.2 Å². The van der Waals surface area contributed by atoms with E-state index < -0.39 is 0 Å². The highest BCUT2D eigenvalue weighted by Crippen LogP contribution is 2.20. The van der Waals surface area contributed by atoms with Gasteiger partial charge in [-0.05, 0) is 17.2 Å². The normalized spacial score (nSPS) is 12.1. The number of thioether (sulfide) groups is 1. The van der Waals surface area contributed by atoms with Crippen molar-refractivity contribution in [2.75, 3.05) is 0 Å². The molecule has 1 unspecified atom stereocenters. The molecule has 0 bridgehead atoms. The van der Waals surface area contributed by atoms with Crippen LogP contribution in [0.5, 0.6) is 0 Å². The van der Waals surface area contributed by atoms with Crippen LogP contribution in [0.2, 0.25) is 0 Å². The second-order valence-electron chi connectivity index (χ2n) is 2.76. The molecule has 1 nitrogen and oxygen atoms in total. The minimum Gasteiger partial charge on any atom is -0.280 e. The summed E-state index contributed by atoms with van der Waals surface area (Å²) in [4.78, 5) is 10.9. The molecule has 0 aliphatic carbocycles. The van der Waals surface area contributed by atoms with Crippen LogP contribution in [-0.2, 0) is 10.5 Å². The van der Waals surface area contributed by atoms with Crippen LogP contribution in [0.1, 0.15) is 5.56 Å². The van der Waals surface area contributed by atoms with Crippen LogP contribution in [0.25, 0.3) is 0 Å². The van der Waals surface area contributed by atoms with E-state index in [0.717, 1.165) is 5.75 Å². The van der Waals surface area contributed by atoms with Crippen LogP contribution >= 0.6 is 23.4 Å². The number of carbonyl (C=O) groups excluding carboxylic acids is 1. The monoisotopic (exact) mass is 226 g/mol. The zero-order valence-electron chi connectivity index (χ0n) is 7.65. The fraction of sp³-hybridized carbons (Fsp3) is 0.182. The van der Waals surface area contributed by atoms with Crippen molar-refractivity contribution in [3.63, 3.8) is 0 Å². The van der Waals surface area contributed by atoms with Crippen LogP contribution in [-0.4, -0.2) is 10.5 Å². The molecule has 1 rings (SSSR count). The summed E-state index contributed by atoms with van der Waals surface area (Å²) in [5, 5.41) is -0.669. The first kappa shape index (κ1) is 11.3. The van der Waals surface area contributed by atoms with E-state index in [1.165, 1.54) is 17.3 Å². The molecule has 0 fully saturated rings. The van der Waals surface area contributed by atoms with Gasteiger partial charge in [0.25, 0.3) is 0 Å². The quantitative estimate of drug-likeness (QED) is 0.567. The average molecular weight is 227 g/mol. The Kier molecular flexibility index (Phi) is 4.77. The fourth-order valence-electron chi connectivity index (χ4n) is 0.986. The highest BCUT2D eigenvalue weighted by atomic mass is 35.5. The van der Waals surface area contributed by atoms with Crippen molar-refractivity contribution in [2.24, 2.45) is 0 Å². The number of hydrogen-bond acceptors (Lipinski definition) is 2. The van der Waals surface area contributed by atoms with Crippen LogP contribution < -0.4 is 0 Å². The number of benzene rings is 1. The lowest BCUT2D eigenvalue weighted by atomic mass is 10.2. The zero-order valence-corrected chi connectivity index (χ0v) is 9.22. The van der Waals surface area contributed by atoms with Gasteiger partial charge in [0, 0.05) is 5.75 Å². The van der Waals surface area contributed by atoms with Crippen molar-refractivity contribution in [1.82, 2.24) is 0 Å². The Bertz CT molecular complexity index is 310. The van der Waals surface area contributed by atoms with E-state index in [1.54, 1.807) is 6.08 Å². The first-order valence-electron chi connectivity index (χ1n) is 4.21. The van der Waals surface area contributed by atoms with Gasteiger partial charge in [-0.15, -0.1) is 18.3 Å². The van der Waals surface area contributed by atoms with Gasteiger partial charge < -0.3 is 0 Å². The Morgan fingerprint density at radius 1 is 1.50 bits per heavy atom. The van der Waals surface area contributed by atoms with Gasteiger partial charge in [0.15, 0.2) is 0 Å². The average Bonchev–Trinajstić information content (AvgIpc) is 2.20. The molecule has 0 aromatic heterocycles. The predicted octanol–water partition coefficient (Wildman–Crippen LogP) is 3.24. The molecule has 3 heteroatoms. The molecule has 1 aromatic rings. The van der Waals surface area contributed by atoms with Crippen LogP contribution in [0.3, 0.4) is 0 Å². The third-order valence-electron chi connectivity index (χ3n) is 1.71. The van der Waals surface area contributed by atoms with Gasteiger partial charge in [-0.25, -0.2) is 0 Å². The number of hydrogen-bond donors (Lipinski definition) is 0. The zero-order chi connectivity index (χ0) is 10.4. The molecule has 1 aromatic carbocycles. The van der Waals surface area contributed by atoms with Crippen molar-refractivity contribution in [3.8, 4) is 0 Å². The molecule has 0 aliphatic rings. The second kappa shape index (κ2) is 5.89. The van der Waals surface area contributed by atoms with Crippen molar-refractivity contribution in [1.29, 1.82) is 0 Å². The topological polar surface area (TPSA) is 17.1 Å². The van der Waals surface area contributed by atoms with Crippen molar-refractivity contribution < 1.29 is 4.79 Å². The van der Waals surface area contributed by atoms with Crippen molar-refractivity contribution >= 4 is 28.6 Å². The summed E-state index contributed by atoms with van der Waals surface area (Å²) >= 11 is 6.86. The smallest absolute Gasteiger partial charge is 0.238 e. The van der Waals surface area contributed by atoms with E-state index in [2.05, 4.69) is 6.58 Å². The molecule has 14 heavy (non-hydrogen) atoms. The number of rotatable bonds is 5. The SMILES string of the molecule is C=CC(SCc1ccccc1)C(=O)Cl. The number of carbonyl (C=O) groups is 1. The molecule has 0 spiro atoms. The van der Waals surface area contributed by atoms with E-state index in [4.69, 9.17) is 11.6 Å². The maximum Gasteiger partial charge on any atom is 0.238 e. The van der Waals surface area contributed by atoms with Crippen LogP contribution in [0, 0.1) is 0 Å². The number of halogens is 1. The third kappa shape index (κ3) is 3.56. The summed E-state index contributed by atoms with van der Waals surface area (Å²) in [5.41, 5.74) is 1.18. The minimum atomic E-state index is -0.360. The summed E-state index contributed by atoms with van der Waals surface area (Å²) in [6, 6.07) is 9.95. The molecule has 0 N–H and O–H groups in total. The molecule has 0 saturated carbocycles. The van der Waals surface area contributed by atoms with Crippen LogP contribution in [0.4, 0.5) is 0 Å². The molecule has 0 aliphatic heterocycles. The largest absolute Gasteiger partial charge is 0.280 e. The molecular weight excluding hydrogens is 216 g/mol. The summed E-state index contributed by atoms with van der Waals surface area (Å²) in [6.07, 6.45) is 1.57. The summed E-state index contributed by atoms with van der Waals surface area (Å²) < 4.78 is 0. The lowest BCUT2D eigenvalue weighted by Crippen LogP contribution is -2.07. The molecule has 0 heterocycles. The van der Waals surface area contributed by atoms with Crippen molar-refractivity contribution in [3.05, 3.63) is 48.6 Å². The second-order valence-corrected chi connectivity index (χ2v) is 4.26. The molecular formula is C11H11ClOS. The van der Waals surface area contributed by atoms with Gasteiger partial charge in [0.1, 0.15) is 0 Å². The molecule has 0 amide bonds. The molecule has 74 valence electrons. The standard InChI is InChI=1S/C11H11ClOS/c1-2-10(11(12)13)14-8-9-6-4-3-5-7-9/h2-7,10H,1,8H2. The summed E-state index contributed by atoms with van der Waals surface area (Å²) in [7, 11) is 0. The maximum atomic E-state index is 10.9. The lowest BCUT2D eigenvalue weighted by Gasteiger charge is -2.06. The van der Waals surface area contributed by atoms with E-state index in [0.29, 0.717) is 0 Å². The molecule has 0 saturated heterocycles. The van der Waals surface area contributed by atoms with Crippen molar-refractivity contribution in [2.45, 2.75) is 11.0 Å². The summed E-state index contributed by atoms with van der Waals surface area (Å²) in [5.74, 6) is 0.774. The van der Waals surface area contributed by atoms with Crippen LogP contribution in [0.15, 0.2) is 43.0 Å². The Balaban J connectivity index is 2.47. The van der Waals surface area contributed by atoms with Gasteiger partial charge in [-0.1, -0.05) is 36.4 Å². The highest BCUT2D eigenvalue weighted by Gasteiger charge is 2.11. The van der Waals surface area contributed by atoms with Gasteiger partial charge >= 0.3 is 0 Å². The van der Waals surface area contributed by atoms with Gasteiger partial charge in [0.05, 0.1) is 5.25 Å².